The fourth-order valence-electron chi connectivity index (χ4n) is 2.96. The van der Waals surface area contributed by atoms with E-state index in [1.165, 1.54) is 11.3 Å². The van der Waals surface area contributed by atoms with Gasteiger partial charge in [-0.2, -0.15) is 5.10 Å². The maximum Gasteiger partial charge on any atom is 0.260 e. The Labute approximate surface area is 166 Å². The average molecular weight is 389 g/mol. The van der Waals surface area contributed by atoms with Crippen LogP contribution in [0.1, 0.15) is 32.2 Å². The summed E-state index contributed by atoms with van der Waals surface area (Å²) in [6.45, 7) is 3.91. The number of nitrogens with one attached hydrogen (secondary N) is 1. The number of nitrogens with zero attached hydrogens (tertiary/aromatic N) is 4. The number of carbonyl (C=O) groups excluding carboxylic acids is 1. The van der Waals surface area contributed by atoms with E-state index in [1.807, 2.05) is 68.4 Å². The summed E-state index contributed by atoms with van der Waals surface area (Å²) in [7, 11) is 0. The lowest BCUT2D eigenvalue weighted by Crippen LogP contribution is -2.13. The summed E-state index contributed by atoms with van der Waals surface area (Å²) in [5.74, 6) is -0.237. The molecule has 0 fully saturated rings. The van der Waals surface area contributed by atoms with Gasteiger partial charge in [-0.05, 0) is 37.1 Å². The van der Waals surface area contributed by atoms with Crippen LogP contribution >= 0.6 is 11.3 Å². The number of aromatic nitrogens is 4. The highest BCUT2D eigenvalue weighted by atomic mass is 32.1. The minimum atomic E-state index is -0.237. The van der Waals surface area contributed by atoms with E-state index >= 15 is 0 Å². The molecule has 1 N–H and O–H groups in total. The normalized spacial score (nSPS) is 10.8. The number of amides is 1. The highest BCUT2D eigenvalue weighted by Gasteiger charge is 2.17. The third kappa shape index (κ3) is 3.84. The summed E-state index contributed by atoms with van der Waals surface area (Å²) in [4.78, 5) is 12.7. The molecule has 0 aliphatic carbocycles. The summed E-state index contributed by atoms with van der Waals surface area (Å²) in [6, 6.07) is 18.1. The number of carbonyl (C=O) groups is 1. The molecule has 28 heavy (non-hydrogen) atoms. The number of rotatable bonds is 5. The van der Waals surface area contributed by atoms with Crippen LogP contribution in [0.3, 0.4) is 0 Å². The van der Waals surface area contributed by atoms with Crippen molar-refractivity contribution in [1.29, 1.82) is 0 Å². The number of benzene rings is 2. The van der Waals surface area contributed by atoms with Crippen LogP contribution in [0.2, 0.25) is 0 Å². The molecular weight excluding hydrogens is 370 g/mol. The second-order valence-corrected chi connectivity index (χ2v) is 7.57. The summed E-state index contributed by atoms with van der Waals surface area (Å²) in [5, 5.41) is 16.8. The molecule has 0 radical (unpaired) electrons. The summed E-state index contributed by atoms with van der Waals surface area (Å²) < 4.78 is 1.77. The highest BCUT2D eigenvalue weighted by Crippen LogP contribution is 2.21. The molecular formula is C21H19N5OS. The lowest BCUT2D eigenvalue weighted by atomic mass is 10.2. The predicted octanol–water partition coefficient (Wildman–Crippen LogP) is 4.18. The van der Waals surface area contributed by atoms with E-state index < -0.39 is 0 Å². The zero-order valence-electron chi connectivity index (χ0n) is 15.6. The van der Waals surface area contributed by atoms with Gasteiger partial charge in [0.1, 0.15) is 5.01 Å². The zero-order chi connectivity index (χ0) is 19.5. The van der Waals surface area contributed by atoms with E-state index in [9.17, 15) is 4.79 Å². The minimum Gasteiger partial charge on any atom is -0.296 e. The smallest absolute Gasteiger partial charge is 0.260 e. The molecule has 2 heterocycles. The van der Waals surface area contributed by atoms with Crippen LogP contribution in [0.4, 0.5) is 5.13 Å². The van der Waals surface area contributed by atoms with Crippen molar-refractivity contribution < 1.29 is 4.79 Å². The Bertz CT molecular complexity index is 1120. The molecule has 0 aliphatic rings. The van der Waals surface area contributed by atoms with Gasteiger partial charge < -0.3 is 0 Å². The fourth-order valence-corrected chi connectivity index (χ4v) is 3.73. The number of hydrogen-bond acceptors (Lipinski definition) is 5. The van der Waals surface area contributed by atoms with Crippen LogP contribution < -0.4 is 5.32 Å². The second-order valence-electron chi connectivity index (χ2n) is 6.51. The molecule has 6 nitrogen and oxygen atoms in total. The molecule has 140 valence electrons. The summed E-state index contributed by atoms with van der Waals surface area (Å²) >= 11 is 1.38. The van der Waals surface area contributed by atoms with Crippen LogP contribution in [-0.2, 0) is 6.42 Å². The summed E-state index contributed by atoms with van der Waals surface area (Å²) in [5.41, 5.74) is 4.51. The van der Waals surface area contributed by atoms with Gasteiger partial charge in [-0.15, -0.1) is 10.2 Å². The molecule has 0 saturated heterocycles. The third-order valence-corrected chi connectivity index (χ3v) is 5.22. The molecule has 2 aromatic heterocycles. The van der Waals surface area contributed by atoms with Crippen LogP contribution in [0.5, 0.6) is 0 Å². The SMILES string of the molecule is Cc1cccc(-n2ncc(C(=O)Nc3nnc(Cc4ccccc4)s3)c2C)c1. The van der Waals surface area contributed by atoms with Gasteiger partial charge in [-0.1, -0.05) is 53.8 Å². The lowest BCUT2D eigenvalue weighted by molar-refractivity contribution is 0.102. The van der Waals surface area contributed by atoms with E-state index in [2.05, 4.69) is 20.6 Å². The average Bonchev–Trinajstić information content (AvgIpc) is 3.29. The van der Waals surface area contributed by atoms with Crippen LogP contribution in [-0.4, -0.2) is 25.9 Å². The van der Waals surface area contributed by atoms with Crippen LogP contribution in [0, 0.1) is 13.8 Å². The van der Waals surface area contributed by atoms with Crippen molar-refractivity contribution in [1.82, 2.24) is 20.0 Å². The Hall–Kier alpha value is -3.32. The molecule has 0 bridgehead atoms. The van der Waals surface area contributed by atoms with Crippen molar-refractivity contribution in [2.75, 3.05) is 5.32 Å². The van der Waals surface area contributed by atoms with E-state index in [4.69, 9.17) is 0 Å². The first kappa shape index (κ1) is 18.1. The lowest BCUT2D eigenvalue weighted by Gasteiger charge is -2.06. The minimum absolute atomic E-state index is 0.237. The number of anilines is 1. The highest BCUT2D eigenvalue weighted by molar-refractivity contribution is 7.15. The first-order valence-corrected chi connectivity index (χ1v) is 9.71. The van der Waals surface area contributed by atoms with Gasteiger partial charge in [0.2, 0.25) is 5.13 Å². The molecule has 0 aliphatic heterocycles. The number of hydrogen-bond donors (Lipinski definition) is 1. The Morgan fingerprint density at radius 2 is 1.89 bits per heavy atom. The van der Waals surface area contributed by atoms with Gasteiger partial charge in [0.25, 0.3) is 5.91 Å². The first-order chi connectivity index (χ1) is 13.6. The van der Waals surface area contributed by atoms with Crippen LogP contribution in [0.25, 0.3) is 5.69 Å². The standard InChI is InChI=1S/C21H19N5OS/c1-14-7-6-10-17(11-14)26-15(2)18(13-22-26)20(27)23-21-25-24-19(28-21)12-16-8-4-3-5-9-16/h3-11,13H,12H2,1-2H3,(H,23,25,27). The molecule has 0 spiro atoms. The summed E-state index contributed by atoms with van der Waals surface area (Å²) in [6.07, 6.45) is 2.28. The Morgan fingerprint density at radius 1 is 1.07 bits per heavy atom. The van der Waals surface area contributed by atoms with Crippen molar-refractivity contribution >= 4 is 22.4 Å². The maximum atomic E-state index is 12.7. The maximum absolute atomic E-state index is 12.7. The van der Waals surface area contributed by atoms with Gasteiger partial charge in [-0.3, -0.25) is 10.1 Å². The van der Waals surface area contributed by atoms with Crippen molar-refractivity contribution in [2.24, 2.45) is 0 Å². The van der Waals surface area contributed by atoms with E-state index in [0.717, 1.165) is 27.5 Å². The Kier molecular flexibility index (Phi) is 4.99. The largest absolute Gasteiger partial charge is 0.296 e. The quantitative estimate of drug-likeness (QED) is 0.556. The zero-order valence-corrected chi connectivity index (χ0v) is 16.4. The fraction of sp³-hybridized carbons (Fsp3) is 0.143. The molecule has 2 aromatic carbocycles. The van der Waals surface area contributed by atoms with Crippen LogP contribution in [0.15, 0.2) is 60.8 Å². The molecule has 0 atom stereocenters. The monoisotopic (exact) mass is 389 g/mol. The second kappa shape index (κ2) is 7.74. The van der Waals surface area contributed by atoms with E-state index in [1.54, 1.807) is 10.9 Å². The Balaban J connectivity index is 1.49. The van der Waals surface area contributed by atoms with Gasteiger partial charge in [0.05, 0.1) is 23.1 Å². The molecule has 1 amide bonds. The topological polar surface area (TPSA) is 72.7 Å². The molecule has 4 aromatic rings. The first-order valence-electron chi connectivity index (χ1n) is 8.89. The molecule has 0 saturated carbocycles. The van der Waals surface area contributed by atoms with Crippen molar-refractivity contribution in [3.05, 3.63) is 88.2 Å². The van der Waals surface area contributed by atoms with Gasteiger partial charge >= 0.3 is 0 Å². The number of aryl methyl sites for hydroxylation is 1. The van der Waals surface area contributed by atoms with E-state index in [0.29, 0.717) is 17.1 Å². The third-order valence-electron chi connectivity index (χ3n) is 4.39. The molecule has 4 rings (SSSR count). The van der Waals surface area contributed by atoms with Crippen molar-refractivity contribution in [3.63, 3.8) is 0 Å². The van der Waals surface area contributed by atoms with Crippen molar-refractivity contribution in [2.45, 2.75) is 20.3 Å². The van der Waals surface area contributed by atoms with Gasteiger partial charge in [-0.25, -0.2) is 4.68 Å². The van der Waals surface area contributed by atoms with Gasteiger partial charge in [0, 0.05) is 6.42 Å². The molecule has 0 unspecified atom stereocenters. The predicted molar refractivity (Wildman–Crippen MR) is 110 cm³/mol. The Morgan fingerprint density at radius 3 is 2.68 bits per heavy atom. The van der Waals surface area contributed by atoms with Gasteiger partial charge in [0.15, 0.2) is 0 Å². The van der Waals surface area contributed by atoms with Crippen molar-refractivity contribution in [3.8, 4) is 5.69 Å². The van der Waals surface area contributed by atoms with E-state index in [-0.39, 0.29) is 5.91 Å². The molecule has 7 heteroatoms.